The Morgan fingerprint density at radius 1 is 1.03 bits per heavy atom. The first-order valence-electron chi connectivity index (χ1n) is 11.4. The van der Waals surface area contributed by atoms with Gasteiger partial charge in [-0.3, -0.25) is 4.79 Å². The molecule has 0 radical (unpaired) electrons. The van der Waals surface area contributed by atoms with Crippen molar-refractivity contribution in [1.29, 1.82) is 0 Å². The first kappa shape index (κ1) is 23.6. The van der Waals surface area contributed by atoms with E-state index < -0.39 is 11.7 Å². The van der Waals surface area contributed by atoms with E-state index in [0.717, 1.165) is 29.8 Å². The largest absolute Gasteiger partial charge is 0.443 e. The first-order chi connectivity index (χ1) is 15.2. The van der Waals surface area contributed by atoms with Crippen LogP contribution in [0.1, 0.15) is 46.6 Å². The van der Waals surface area contributed by atoms with Gasteiger partial charge in [0, 0.05) is 31.3 Å². The predicted octanol–water partition coefficient (Wildman–Crippen LogP) is 5.66. The normalized spacial score (nSPS) is 17.7. The molecule has 2 amide bonds. The highest BCUT2D eigenvalue weighted by atomic mass is 16.6. The van der Waals surface area contributed by atoms with Crippen LogP contribution in [0.5, 0.6) is 0 Å². The van der Waals surface area contributed by atoms with Gasteiger partial charge in [0.15, 0.2) is 0 Å². The number of imide groups is 1. The molecule has 1 aliphatic heterocycles. The summed E-state index contributed by atoms with van der Waals surface area (Å²) >= 11 is 0. The molecule has 32 heavy (non-hydrogen) atoms. The van der Waals surface area contributed by atoms with Gasteiger partial charge < -0.3 is 9.64 Å². The highest BCUT2D eigenvalue weighted by molar-refractivity contribution is 6.05. The van der Waals surface area contributed by atoms with E-state index in [1.54, 1.807) is 0 Å². The Morgan fingerprint density at radius 2 is 1.62 bits per heavy atom. The number of hydrogen-bond acceptors (Lipinski definition) is 4. The van der Waals surface area contributed by atoms with E-state index in [-0.39, 0.29) is 11.9 Å². The maximum absolute atomic E-state index is 13.2. The maximum Gasteiger partial charge on any atom is 0.417 e. The molecule has 0 aliphatic carbocycles. The Balaban J connectivity index is 1.84. The number of hydrogen-bond donors (Lipinski definition) is 0. The van der Waals surface area contributed by atoms with Crippen molar-refractivity contribution in [2.45, 2.75) is 59.1 Å². The lowest BCUT2D eigenvalue weighted by atomic mass is 9.99. The Labute approximate surface area is 191 Å². The van der Waals surface area contributed by atoms with Gasteiger partial charge in [0.25, 0.3) is 5.91 Å². The number of ether oxygens (including phenoxy) is 1. The molecule has 1 heterocycles. The molecule has 5 nitrogen and oxygen atoms in total. The fraction of sp³-hybridized carbons (Fsp3) is 0.407. The molecule has 1 fully saturated rings. The number of carbonyl (C=O) groups excluding carboxylic acids is 2. The topological polar surface area (TPSA) is 49.9 Å². The molecule has 1 aliphatic rings. The van der Waals surface area contributed by atoms with E-state index in [1.807, 2.05) is 45.2 Å². The number of amides is 2. The summed E-state index contributed by atoms with van der Waals surface area (Å²) in [6.45, 7) is 11.2. The lowest BCUT2D eigenvalue weighted by Gasteiger charge is -2.27. The van der Waals surface area contributed by atoms with Gasteiger partial charge in [-0.25, -0.2) is 9.69 Å². The van der Waals surface area contributed by atoms with Gasteiger partial charge in [0.2, 0.25) is 0 Å². The third kappa shape index (κ3) is 5.78. The summed E-state index contributed by atoms with van der Waals surface area (Å²) < 4.78 is 5.57. The number of nitrogens with zero attached hydrogens (tertiary/aromatic N) is 2. The van der Waals surface area contributed by atoms with Crippen molar-refractivity contribution in [3.63, 3.8) is 0 Å². The smallest absolute Gasteiger partial charge is 0.417 e. The first-order valence-corrected chi connectivity index (χ1v) is 11.4. The second-order valence-corrected chi connectivity index (χ2v) is 9.16. The number of benzene rings is 2. The lowest BCUT2D eigenvalue weighted by molar-refractivity contribution is -0.125. The van der Waals surface area contributed by atoms with Crippen LogP contribution in [0, 0.1) is 0 Å². The standard InChI is InChI=1S/C27H34N2O3/c1-6-28(7-2)19-23-18-24(29(25(23)30)26(31)32-27(3,4)5)17-20-13-15-22(16-14-20)21-11-9-8-10-12-21/h8-16,19,24H,6-7,17-18H2,1-5H3/b23-19+/t24-/m1/s1. The molecule has 0 spiro atoms. The summed E-state index contributed by atoms with van der Waals surface area (Å²) in [7, 11) is 0. The second-order valence-electron chi connectivity index (χ2n) is 9.16. The Morgan fingerprint density at radius 3 is 2.19 bits per heavy atom. The molecule has 1 atom stereocenters. The predicted molar refractivity (Wildman–Crippen MR) is 128 cm³/mol. The minimum absolute atomic E-state index is 0.253. The monoisotopic (exact) mass is 434 g/mol. The summed E-state index contributed by atoms with van der Waals surface area (Å²) in [6, 6.07) is 18.3. The van der Waals surface area contributed by atoms with Crippen molar-refractivity contribution >= 4 is 12.0 Å². The molecule has 0 bridgehead atoms. The summed E-state index contributed by atoms with van der Waals surface area (Å²) in [6.07, 6.45) is 2.44. The van der Waals surface area contributed by atoms with Gasteiger partial charge in [-0.15, -0.1) is 0 Å². The molecular weight excluding hydrogens is 400 g/mol. The minimum atomic E-state index is -0.662. The number of carbonyl (C=O) groups is 2. The molecule has 0 saturated carbocycles. The summed E-state index contributed by atoms with van der Waals surface area (Å²) in [5, 5.41) is 0. The van der Waals surface area contributed by atoms with E-state index >= 15 is 0 Å². The molecule has 0 aromatic heterocycles. The van der Waals surface area contributed by atoms with Crippen molar-refractivity contribution in [1.82, 2.24) is 9.80 Å². The highest BCUT2D eigenvalue weighted by Gasteiger charge is 2.41. The van der Waals surface area contributed by atoms with Gasteiger partial charge in [-0.05, 0) is 57.7 Å². The highest BCUT2D eigenvalue weighted by Crippen LogP contribution is 2.30. The molecular formula is C27H34N2O3. The summed E-state index contributed by atoms with van der Waals surface area (Å²) in [5.41, 5.74) is 3.38. The third-order valence-corrected chi connectivity index (χ3v) is 5.59. The molecule has 170 valence electrons. The molecule has 3 rings (SSSR count). The quantitative estimate of drug-likeness (QED) is 0.551. The van der Waals surface area contributed by atoms with Crippen molar-refractivity contribution in [3.8, 4) is 11.1 Å². The van der Waals surface area contributed by atoms with Crippen LogP contribution in [0.2, 0.25) is 0 Å². The van der Waals surface area contributed by atoms with Crippen LogP contribution in [0.4, 0.5) is 4.79 Å². The maximum atomic E-state index is 13.2. The van der Waals surface area contributed by atoms with Gasteiger partial charge in [0.05, 0.1) is 6.04 Å². The number of rotatable bonds is 6. The van der Waals surface area contributed by atoms with Crippen LogP contribution in [-0.2, 0) is 16.0 Å². The molecule has 2 aromatic carbocycles. The van der Waals surface area contributed by atoms with Crippen LogP contribution in [0.25, 0.3) is 11.1 Å². The summed E-state index contributed by atoms with van der Waals surface area (Å²) in [4.78, 5) is 29.5. The van der Waals surface area contributed by atoms with Crippen LogP contribution < -0.4 is 0 Å². The van der Waals surface area contributed by atoms with Crippen molar-refractivity contribution in [2.75, 3.05) is 13.1 Å². The zero-order valence-electron chi connectivity index (χ0n) is 19.8. The second kappa shape index (κ2) is 10.0. The van der Waals surface area contributed by atoms with Crippen LogP contribution in [0.15, 0.2) is 66.4 Å². The average Bonchev–Trinajstić information content (AvgIpc) is 3.06. The minimum Gasteiger partial charge on any atom is -0.443 e. The van der Waals surface area contributed by atoms with E-state index in [4.69, 9.17) is 4.74 Å². The third-order valence-electron chi connectivity index (χ3n) is 5.59. The molecule has 2 aromatic rings. The zero-order chi connectivity index (χ0) is 23.3. The fourth-order valence-corrected chi connectivity index (χ4v) is 3.93. The van der Waals surface area contributed by atoms with Crippen LogP contribution in [0.3, 0.4) is 0 Å². The van der Waals surface area contributed by atoms with E-state index in [9.17, 15) is 9.59 Å². The van der Waals surface area contributed by atoms with Gasteiger partial charge in [0.1, 0.15) is 5.60 Å². The Bertz CT molecular complexity index is 955. The van der Waals surface area contributed by atoms with Crippen LogP contribution in [-0.4, -0.2) is 46.5 Å². The van der Waals surface area contributed by atoms with Crippen molar-refractivity contribution < 1.29 is 14.3 Å². The van der Waals surface area contributed by atoms with Crippen molar-refractivity contribution in [2.24, 2.45) is 0 Å². The Kier molecular flexibility index (Phi) is 7.39. The average molecular weight is 435 g/mol. The van der Waals surface area contributed by atoms with E-state index in [0.29, 0.717) is 18.4 Å². The fourth-order valence-electron chi connectivity index (χ4n) is 3.93. The molecule has 1 saturated heterocycles. The van der Waals surface area contributed by atoms with Gasteiger partial charge in [-0.2, -0.15) is 0 Å². The van der Waals surface area contributed by atoms with E-state index in [2.05, 4.69) is 55.1 Å². The van der Waals surface area contributed by atoms with Crippen LogP contribution >= 0.6 is 0 Å². The molecule has 0 N–H and O–H groups in total. The van der Waals surface area contributed by atoms with Gasteiger partial charge >= 0.3 is 6.09 Å². The summed E-state index contributed by atoms with van der Waals surface area (Å²) in [5.74, 6) is -0.253. The Hall–Kier alpha value is -3.08. The zero-order valence-corrected chi connectivity index (χ0v) is 19.8. The molecule has 5 heteroatoms. The van der Waals surface area contributed by atoms with Crippen molar-refractivity contribution in [3.05, 3.63) is 71.9 Å². The molecule has 0 unspecified atom stereocenters. The SMILES string of the molecule is CCN(/C=C1\C[C@@H](Cc2ccc(-c3ccccc3)cc2)N(C(=O)OC(C)(C)C)C1=O)CC. The number of likely N-dealkylation sites (tertiary alicyclic amines) is 1. The lowest BCUT2D eigenvalue weighted by Crippen LogP contribution is -2.43. The van der Waals surface area contributed by atoms with Gasteiger partial charge in [-0.1, -0.05) is 54.6 Å². The van der Waals surface area contributed by atoms with E-state index in [1.165, 1.54) is 4.90 Å².